The van der Waals surface area contributed by atoms with Crippen LogP contribution in [0.1, 0.15) is 13.8 Å². The summed E-state index contributed by atoms with van der Waals surface area (Å²) >= 11 is 0. The molecule has 0 aliphatic heterocycles. The van der Waals surface area contributed by atoms with Crippen molar-refractivity contribution in [2.45, 2.75) is 13.8 Å². The van der Waals surface area contributed by atoms with Gasteiger partial charge in [0.2, 0.25) is 0 Å². The molecule has 0 aliphatic rings. The second-order valence-electron chi connectivity index (χ2n) is 4.71. The Hall–Kier alpha value is -1.39. The van der Waals surface area contributed by atoms with Gasteiger partial charge in [-0.3, -0.25) is 0 Å². The van der Waals surface area contributed by atoms with Crippen molar-refractivity contribution in [2.24, 2.45) is 0 Å². The lowest BCUT2D eigenvalue weighted by atomic mass is 10.4. The van der Waals surface area contributed by atoms with Crippen molar-refractivity contribution in [2.75, 3.05) is 12.3 Å². The lowest BCUT2D eigenvalue weighted by Crippen LogP contribution is -2.26. The number of hydrogen-bond acceptors (Lipinski definition) is 0. The molecule has 0 radical (unpaired) electrons. The molecule has 0 saturated heterocycles. The molecule has 2 aromatic rings. The first-order valence-corrected chi connectivity index (χ1v) is 9.09. The maximum atomic E-state index is 2.33. The molecule has 0 aromatic heterocycles. The van der Waals surface area contributed by atoms with Crippen LogP contribution < -0.4 is 10.6 Å². The summed E-state index contributed by atoms with van der Waals surface area (Å²) in [6.45, 7) is 4.44. The monoisotopic (exact) mass is 269 g/mol. The Morgan fingerprint density at radius 1 is 0.842 bits per heavy atom. The predicted molar refractivity (Wildman–Crippen MR) is 89.3 cm³/mol. The van der Waals surface area contributed by atoms with Crippen LogP contribution in [0.4, 0.5) is 0 Å². The molecule has 0 atom stereocenters. The molecule has 0 nitrogen and oxygen atoms in total. The van der Waals surface area contributed by atoms with Crippen molar-refractivity contribution < 1.29 is 0 Å². The van der Waals surface area contributed by atoms with E-state index in [2.05, 4.69) is 86.7 Å². The molecule has 0 heterocycles. The summed E-state index contributed by atoms with van der Waals surface area (Å²) < 4.78 is 0. The molecule has 2 aromatic carbocycles. The molecular weight excluding hydrogens is 247 g/mol. The molecule has 19 heavy (non-hydrogen) atoms. The minimum Gasteiger partial charge on any atom is -0.0881 e. The molecule has 1 heteroatoms. The maximum absolute atomic E-state index is 2.33. The molecule has 0 unspecified atom stereocenters. The average molecular weight is 269 g/mol. The van der Waals surface area contributed by atoms with Crippen LogP contribution in [0, 0.1) is 0 Å². The highest BCUT2D eigenvalue weighted by Gasteiger charge is 2.39. The first-order chi connectivity index (χ1) is 9.33. The molecule has 98 valence electrons. The third kappa shape index (κ3) is 2.96. The Morgan fingerprint density at radius 2 is 1.32 bits per heavy atom. The summed E-state index contributed by atoms with van der Waals surface area (Å²) in [5.74, 6) is 0. The van der Waals surface area contributed by atoms with Gasteiger partial charge >= 0.3 is 0 Å². The number of benzene rings is 2. The second kappa shape index (κ2) is 6.68. The lowest BCUT2D eigenvalue weighted by Gasteiger charge is -2.25. The van der Waals surface area contributed by atoms with E-state index in [0.29, 0.717) is 0 Å². The van der Waals surface area contributed by atoms with Crippen LogP contribution >= 0.6 is 7.26 Å². The lowest BCUT2D eigenvalue weighted by molar-refractivity contribution is 1.45. The highest BCUT2D eigenvalue weighted by atomic mass is 31.2. The second-order valence-corrected chi connectivity index (χ2v) is 8.67. The van der Waals surface area contributed by atoms with Crippen LogP contribution in [0.3, 0.4) is 0 Å². The van der Waals surface area contributed by atoms with Crippen LogP contribution in [0.5, 0.6) is 0 Å². The van der Waals surface area contributed by atoms with Gasteiger partial charge in [0.1, 0.15) is 0 Å². The fourth-order valence-corrected chi connectivity index (χ4v) is 6.33. The van der Waals surface area contributed by atoms with E-state index in [9.17, 15) is 0 Å². The van der Waals surface area contributed by atoms with E-state index in [4.69, 9.17) is 0 Å². The molecule has 0 amide bonds. The fourth-order valence-electron chi connectivity index (χ4n) is 2.57. The molecule has 0 bridgehead atoms. The SMILES string of the molecule is CC=CC[P+](CC)(c1ccccc1)c1ccccc1. The molecule has 0 aliphatic carbocycles. The molecule has 2 rings (SSSR count). The summed E-state index contributed by atoms with van der Waals surface area (Å²) in [6.07, 6.45) is 6.88. The zero-order valence-electron chi connectivity index (χ0n) is 11.8. The third-order valence-corrected chi connectivity index (χ3v) is 8.18. The molecule has 0 fully saturated rings. The van der Waals surface area contributed by atoms with Gasteiger partial charge in [-0.15, -0.1) is 0 Å². The smallest absolute Gasteiger partial charge is 0.0881 e. The Balaban J connectivity index is 2.54. The number of allylic oxidation sites excluding steroid dienone is 2. The molecular formula is C18H22P+. The third-order valence-electron chi connectivity index (χ3n) is 3.69. The van der Waals surface area contributed by atoms with E-state index in [0.717, 1.165) is 6.16 Å². The van der Waals surface area contributed by atoms with Gasteiger partial charge in [-0.05, 0) is 38.1 Å². The quantitative estimate of drug-likeness (QED) is 0.562. The van der Waals surface area contributed by atoms with Gasteiger partial charge < -0.3 is 0 Å². The van der Waals surface area contributed by atoms with E-state index >= 15 is 0 Å². The van der Waals surface area contributed by atoms with E-state index in [1.165, 1.54) is 16.8 Å². The van der Waals surface area contributed by atoms with Gasteiger partial charge in [-0.25, -0.2) is 0 Å². The highest BCUT2D eigenvalue weighted by molar-refractivity contribution is 7.89. The number of rotatable bonds is 5. The molecule has 0 N–H and O–H groups in total. The van der Waals surface area contributed by atoms with Crippen molar-refractivity contribution >= 4 is 17.9 Å². The van der Waals surface area contributed by atoms with Gasteiger partial charge in [-0.1, -0.05) is 48.6 Å². The fraction of sp³-hybridized carbons (Fsp3) is 0.222. The Morgan fingerprint density at radius 3 is 1.68 bits per heavy atom. The Labute approximate surface area is 117 Å². The summed E-state index contributed by atoms with van der Waals surface area (Å²) in [6, 6.07) is 22.1. The topological polar surface area (TPSA) is 0 Å². The van der Waals surface area contributed by atoms with Gasteiger partial charge in [0, 0.05) is 0 Å². The summed E-state index contributed by atoms with van der Waals surface area (Å²) in [4.78, 5) is 0. The average Bonchev–Trinajstić information content (AvgIpc) is 2.51. The highest BCUT2D eigenvalue weighted by Crippen LogP contribution is 2.55. The van der Waals surface area contributed by atoms with Crippen LogP contribution in [-0.4, -0.2) is 12.3 Å². The predicted octanol–water partition coefficient (Wildman–Crippen LogP) is 4.25. The van der Waals surface area contributed by atoms with Gasteiger partial charge in [0.25, 0.3) is 0 Å². The maximum Gasteiger partial charge on any atom is 0.0995 e. The molecule has 0 spiro atoms. The van der Waals surface area contributed by atoms with Crippen molar-refractivity contribution in [1.82, 2.24) is 0 Å². The number of hydrogen-bond donors (Lipinski definition) is 0. The summed E-state index contributed by atoms with van der Waals surface area (Å²) in [7, 11) is -1.29. The van der Waals surface area contributed by atoms with Gasteiger partial charge in [0.05, 0.1) is 30.2 Å². The normalized spacial score (nSPS) is 11.9. The van der Waals surface area contributed by atoms with Gasteiger partial charge in [-0.2, -0.15) is 0 Å². The zero-order valence-corrected chi connectivity index (χ0v) is 12.7. The van der Waals surface area contributed by atoms with Crippen molar-refractivity contribution in [3.8, 4) is 0 Å². The van der Waals surface area contributed by atoms with Crippen molar-refractivity contribution in [1.29, 1.82) is 0 Å². The minimum absolute atomic E-state index is 1.16. The van der Waals surface area contributed by atoms with Crippen LogP contribution in [0.15, 0.2) is 72.8 Å². The van der Waals surface area contributed by atoms with Crippen LogP contribution in [0.25, 0.3) is 0 Å². The summed E-state index contributed by atoms with van der Waals surface area (Å²) in [5.41, 5.74) is 0. The van der Waals surface area contributed by atoms with Crippen LogP contribution in [-0.2, 0) is 0 Å². The standard InChI is InChI=1S/C18H22P/c1-3-5-16-19(4-2,17-12-8-6-9-13-17)18-14-10-7-11-15-18/h3,5-15H,4,16H2,1-2H3/q+1. The first-order valence-electron chi connectivity index (χ1n) is 6.93. The van der Waals surface area contributed by atoms with Crippen molar-refractivity contribution in [3.63, 3.8) is 0 Å². The van der Waals surface area contributed by atoms with E-state index in [-0.39, 0.29) is 0 Å². The largest absolute Gasteiger partial charge is 0.0995 e. The van der Waals surface area contributed by atoms with Gasteiger partial charge in [0.15, 0.2) is 0 Å². The van der Waals surface area contributed by atoms with E-state index in [1.54, 1.807) is 0 Å². The summed E-state index contributed by atoms with van der Waals surface area (Å²) in [5, 5.41) is 3.03. The molecule has 0 saturated carbocycles. The van der Waals surface area contributed by atoms with Crippen LogP contribution in [0.2, 0.25) is 0 Å². The Bertz CT molecular complexity index is 474. The van der Waals surface area contributed by atoms with E-state index < -0.39 is 7.26 Å². The Kier molecular flexibility index (Phi) is 4.93. The minimum atomic E-state index is -1.29. The zero-order chi connectivity index (χ0) is 13.6. The van der Waals surface area contributed by atoms with E-state index in [1.807, 2.05) is 0 Å². The van der Waals surface area contributed by atoms with Crippen molar-refractivity contribution in [3.05, 3.63) is 72.8 Å². The first kappa shape index (κ1) is 14.0.